The van der Waals surface area contributed by atoms with E-state index in [0.717, 1.165) is 11.1 Å². The SMILES string of the molecule is CC1(C)C(OC(=O)c2ccccc2)=CN2C(=O)C[C@H](c3ccccc3)N2[C@H]1c1ccccc1. The van der Waals surface area contributed by atoms with E-state index in [4.69, 9.17) is 4.74 Å². The lowest BCUT2D eigenvalue weighted by Crippen LogP contribution is -2.50. The Kier molecular flexibility index (Phi) is 5.35. The molecule has 0 bridgehead atoms. The number of esters is 1. The summed E-state index contributed by atoms with van der Waals surface area (Å²) < 4.78 is 5.94. The third-order valence-corrected chi connectivity index (χ3v) is 6.53. The average Bonchev–Trinajstić information content (AvgIpc) is 3.16. The molecule has 0 aromatic heterocycles. The first-order valence-electron chi connectivity index (χ1n) is 11.2. The summed E-state index contributed by atoms with van der Waals surface area (Å²) in [6.07, 6.45) is 2.06. The lowest BCUT2D eigenvalue weighted by molar-refractivity contribution is -0.144. The molecule has 0 spiro atoms. The molecule has 0 unspecified atom stereocenters. The van der Waals surface area contributed by atoms with Crippen molar-refractivity contribution in [2.75, 3.05) is 0 Å². The van der Waals surface area contributed by atoms with Gasteiger partial charge in [0.1, 0.15) is 5.76 Å². The van der Waals surface area contributed by atoms with E-state index in [2.05, 4.69) is 43.1 Å². The van der Waals surface area contributed by atoms with E-state index in [0.29, 0.717) is 17.7 Å². The van der Waals surface area contributed by atoms with Gasteiger partial charge in [-0.25, -0.2) is 9.80 Å². The second-order valence-corrected chi connectivity index (χ2v) is 9.03. The summed E-state index contributed by atoms with van der Waals surface area (Å²) >= 11 is 0. The van der Waals surface area contributed by atoms with Crippen LogP contribution >= 0.6 is 0 Å². The Hall–Kier alpha value is -3.70. The number of hydrazine groups is 1. The average molecular weight is 439 g/mol. The summed E-state index contributed by atoms with van der Waals surface area (Å²) in [7, 11) is 0. The Labute approximate surface area is 193 Å². The molecular formula is C28H26N2O3. The molecule has 1 fully saturated rings. The number of benzene rings is 3. The number of carbonyl (C=O) groups is 2. The third-order valence-electron chi connectivity index (χ3n) is 6.53. The number of amides is 1. The van der Waals surface area contributed by atoms with Crippen LogP contribution in [0.25, 0.3) is 0 Å². The second-order valence-electron chi connectivity index (χ2n) is 9.03. The summed E-state index contributed by atoms with van der Waals surface area (Å²) in [6.45, 7) is 4.13. The van der Waals surface area contributed by atoms with Crippen LogP contribution in [0.2, 0.25) is 0 Å². The zero-order valence-electron chi connectivity index (χ0n) is 18.7. The quantitative estimate of drug-likeness (QED) is 0.494. The van der Waals surface area contributed by atoms with Crippen LogP contribution in [0.1, 0.15) is 53.8 Å². The van der Waals surface area contributed by atoms with Crippen LogP contribution in [0.5, 0.6) is 0 Å². The molecule has 2 atom stereocenters. The largest absolute Gasteiger partial charge is 0.425 e. The highest BCUT2D eigenvalue weighted by atomic mass is 16.5. The summed E-state index contributed by atoms with van der Waals surface area (Å²) in [5.74, 6) is 0.0264. The molecule has 2 aliphatic heterocycles. The van der Waals surface area contributed by atoms with Gasteiger partial charge in [-0.2, -0.15) is 5.01 Å². The van der Waals surface area contributed by atoms with Gasteiger partial charge in [0.05, 0.1) is 30.3 Å². The molecule has 0 radical (unpaired) electrons. The fourth-order valence-corrected chi connectivity index (χ4v) is 4.86. The zero-order valence-corrected chi connectivity index (χ0v) is 18.7. The summed E-state index contributed by atoms with van der Waals surface area (Å²) in [4.78, 5) is 26.1. The number of hydrogen-bond donors (Lipinski definition) is 0. The van der Waals surface area contributed by atoms with Crippen molar-refractivity contribution in [1.82, 2.24) is 10.0 Å². The van der Waals surface area contributed by atoms with Crippen molar-refractivity contribution in [3.05, 3.63) is 120 Å². The van der Waals surface area contributed by atoms with Gasteiger partial charge in [-0.05, 0) is 23.3 Å². The molecule has 1 amide bonds. The first-order valence-corrected chi connectivity index (χ1v) is 11.2. The highest BCUT2D eigenvalue weighted by molar-refractivity contribution is 5.90. The van der Waals surface area contributed by atoms with Gasteiger partial charge in [0.2, 0.25) is 5.91 Å². The maximum Gasteiger partial charge on any atom is 0.343 e. The normalized spacial score (nSPS) is 21.9. The number of fused-ring (bicyclic) bond motifs is 1. The number of carbonyl (C=O) groups excluding carboxylic acids is 2. The van der Waals surface area contributed by atoms with Gasteiger partial charge in [-0.3, -0.25) is 4.79 Å². The van der Waals surface area contributed by atoms with Crippen molar-refractivity contribution in [3.8, 4) is 0 Å². The molecule has 0 aliphatic carbocycles. The van der Waals surface area contributed by atoms with Crippen LogP contribution < -0.4 is 0 Å². The summed E-state index contributed by atoms with van der Waals surface area (Å²) in [5.41, 5.74) is 2.04. The Balaban J connectivity index is 1.60. The van der Waals surface area contributed by atoms with E-state index in [9.17, 15) is 9.59 Å². The van der Waals surface area contributed by atoms with Gasteiger partial charge < -0.3 is 4.74 Å². The zero-order chi connectivity index (χ0) is 23.0. The van der Waals surface area contributed by atoms with Crippen LogP contribution in [0.15, 0.2) is 103 Å². The van der Waals surface area contributed by atoms with Crippen molar-refractivity contribution >= 4 is 11.9 Å². The predicted octanol–water partition coefficient (Wildman–Crippen LogP) is 5.66. The van der Waals surface area contributed by atoms with Crippen LogP contribution in [0.4, 0.5) is 0 Å². The van der Waals surface area contributed by atoms with Crippen LogP contribution in [0.3, 0.4) is 0 Å². The van der Waals surface area contributed by atoms with Gasteiger partial charge in [-0.15, -0.1) is 0 Å². The Morgan fingerprint density at radius 3 is 2.00 bits per heavy atom. The smallest absolute Gasteiger partial charge is 0.343 e. The van der Waals surface area contributed by atoms with Crippen molar-refractivity contribution in [2.24, 2.45) is 5.41 Å². The first kappa shape index (κ1) is 21.2. The minimum atomic E-state index is -0.583. The van der Waals surface area contributed by atoms with E-state index < -0.39 is 11.4 Å². The fraction of sp³-hybridized carbons (Fsp3) is 0.214. The molecule has 1 saturated heterocycles. The van der Waals surface area contributed by atoms with Gasteiger partial charge in [0, 0.05) is 5.41 Å². The Morgan fingerprint density at radius 2 is 1.39 bits per heavy atom. The van der Waals surface area contributed by atoms with Gasteiger partial charge in [-0.1, -0.05) is 92.7 Å². The van der Waals surface area contributed by atoms with Gasteiger partial charge in [0.15, 0.2) is 0 Å². The molecule has 5 heteroatoms. The number of hydrogen-bond acceptors (Lipinski definition) is 4. The number of nitrogens with zero attached hydrogens (tertiary/aromatic N) is 2. The van der Waals surface area contributed by atoms with Gasteiger partial charge >= 0.3 is 5.97 Å². The maximum absolute atomic E-state index is 13.2. The molecule has 2 aliphatic rings. The molecule has 2 heterocycles. The Morgan fingerprint density at radius 1 is 0.848 bits per heavy atom. The van der Waals surface area contributed by atoms with Crippen molar-refractivity contribution in [2.45, 2.75) is 32.4 Å². The monoisotopic (exact) mass is 438 g/mol. The highest BCUT2D eigenvalue weighted by Crippen LogP contribution is 2.54. The summed E-state index contributed by atoms with van der Waals surface area (Å²) in [6, 6.07) is 28.8. The van der Waals surface area contributed by atoms with E-state index in [1.165, 1.54) is 0 Å². The standard InChI is InChI=1S/C28H26N2O3/c1-28(2)24(33-27(32)22-16-10-5-11-17-22)19-29-25(31)18-23(20-12-6-3-7-13-20)30(29)26(28)21-14-8-4-9-15-21/h3-17,19,23,26H,18H2,1-2H3/t23-,26+/m1/s1. The molecule has 33 heavy (non-hydrogen) atoms. The van der Waals surface area contributed by atoms with E-state index >= 15 is 0 Å². The van der Waals surface area contributed by atoms with E-state index in [1.54, 1.807) is 35.5 Å². The lowest BCUT2D eigenvalue weighted by atomic mass is 9.76. The van der Waals surface area contributed by atoms with Crippen LogP contribution in [0, 0.1) is 5.41 Å². The molecule has 166 valence electrons. The molecule has 0 saturated carbocycles. The number of ether oxygens (including phenoxy) is 1. The van der Waals surface area contributed by atoms with Crippen molar-refractivity contribution in [3.63, 3.8) is 0 Å². The fourth-order valence-electron chi connectivity index (χ4n) is 4.86. The van der Waals surface area contributed by atoms with Crippen molar-refractivity contribution < 1.29 is 14.3 Å². The second kappa shape index (κ2) is 8.34. The summed E-state index contributed by atoms with van der Waals surface area (Å²) in [5, 5.41) is 3.79. The van der Waals surface area contributed by atoms with Crippen LogP contribution in [-0.2, 0) is 9.53 Å². The maximum atomic E-state index is 13.2. The molecule has 3 aromatic rings. The third kappa shape index (κ3) is 3.74. The number of rotatable bonds is 4. The topological polar surface area (TPSA) is 49.9 Å². The molecule has 5 nitrogen and oxygen atoms in total. The van der Waals surface area contributed by atoms with Gasteiger partial charge in [0.25, 0.3) is 0 Å². The molecule has 3 aromatic carbocycles. The van der Waals surface area contributed by atoms with E-state index in [-0.39, 0.29) is 18.0 Å². The predicted molar refractivity (Wildman–Crippen MR) is 125 cm³/mol. The molecule has 0 N–H and O–H groups in total. The van der Waals surface area contributed by atoms with E-state index in [1.807, 2.05) is 42.5 Å². The minimum Gasteiger partial charge on any atom is -0.425 e. The molecule has 5 rings (SSSR count). The van der Waals surface area contributed by atoms with Crippen molar-refractivity contribution in [1.29, 1.82) is 0 Å². The lowest BCUT2D eigenvalue weighted by Gasteiger charge is -2.49. The molecular weight excluding hydrogens is 412 g/mol. The minimum absolute atomic E-state index is 0.0199. The first-order chi connectivity index (χ1) is 16.0. The Bertz CT molecular complexity index is 1190. The highest BCUT2D eigenvalue weighted by Gasteiger charge is 2.53. The van der Waals surface area contributed by atoms with Crippen LogP contribution in [-0.4, -0.2) is 21.9 Å².